The standard InChI is InChI=1S/C16H15ClF2N2O4S/c1-21(9-15(22)20-16-12(18)4-3-5-13(16)19)26(23,24)10-6-7-14(25-2)11(17)8-10/h3-8H,9H2,1-2H3,(H,20,22). The summed E-state index contributed by atoms with van der Waals surface area (Å²) in [5.74, 6) is -2.54. The lowest BCUT2D eigenvalue weighted by Crippen LogP contribution is -2.35. The second kappa shape index (κ2) is 7.98. The van der Waals surface area contributed by atoms with E-state index in [1.807, 2.05) is 5.32 Å². The molecule has 0 aliphatic rings. The Morgan fingerprint density at radius 1 is 1.23 bits per heavy atom. The summed E-state index contributed by atoms with van der Waals surface area (Å²) in [6, 6.07) is 6.91. The van der Waals surface area contributed by atoms with Crippen LogP contribution in [0.5, 0.6) is 5.75 Å². The molecule has 0 atom stereocenters. The lowest BCUT2D eigenvalue weighted by molar-refractivity contribution is -0.116. The van der Waals surface area contributed by atoms with E-state index in [1.54, 1.807) is 0 Å². The number of methoxy groups -OCH3 is 1. The van der Waals surface area contributed by atoms with Gasteiger partial charge in [-0.05, 0) is 30.3 Å². The topological polar surface area (TPSA) is 75.7 Å². The van der Waals surface area contributed by atoms with Crippen molar-refractivity contribution >= 4 is 33.2 Å². The highest BCUT2D eigenvalue weighted by atomic mass is 35.5. The fraction of sp³-hybridized carbons (Fsp3) is 0.188. The van der Waals surface area contributed by atoms with Crippen LogP contribution in [0.2, 0.25) is 5.02 Å². The Morgan fingerprint density at radius 3 is 2.38 bits per heavy atom. The number of nitrogens with one attached hydrogen (secondary N) is 1. The minimum atomic E-state index is -4.05. The van der Waals surface area contributed by atoms with Gasteiger partial charge in [-0.2, -0.15) is 4.31 Å². The second-order valence-electron chi connectivity index (χ2n) is 5.20. The summed E-state index contributed by atoms with van der Waals surface area (Å²) in [6.45, 7) is -0.653. The van der Waals surface area contributed by atoms with Crippen molar-refractivity contribution in [1.82, 2.24) is 4.31 Å². The Kier molecular flexibility index (Phi) is 6.17. The summed E-state index contributed by atoms with van der Waals surface area (Å²) < 4.78 is 57.8. The molecule has 0 bridgehead atoms. The van der Waals surface area contributed by atoms with E-state index in [1.165, 1.54) is 25.3 Å². The number of ether oxygens (including phenoxy) is 1. The van der Waals surface area contributed by atoms with Crippen LogP contribution in [0, 0.1) is 11.6 Å². The van der Waals surface area contributed by atoms with E-state index in [-0.39, 0.29) is 9.92 Å². The molecule has 0 aliphatic heterocycles. The summed E-state index contributed by atoms with van der Waals surface area (Å²) in [6.07, 6.45) is 0. The molecule has 2 aromatic carbocycles. The van der Waals surface area contributed by atoms with Crippen LogP contribution in [0.25, 0.3) is 0 Å². The predicted octanol–water partition coefficient (Wildman–Crippen LogP) is 2.89. The first-order valence-corrected chi connectivity index (χ1v) is 9.02. The molecule has 0 fully saturated rings. The number of sulfonamides is 1. The Labute approximate surface area is 154 Å². The van der Waals surface area contributed by atoms with E-state index < -0.39 is 39.8 Å². The molecular formula is C16H15ClF2N2O4S. The largest absolute Gasteiger partial charge is 0.495 e. The third-order valence-corrected chi connectivity index (χ3v) is 5.52. The maximum Gasteiger partial charge on any atom is 0.243 e. The van der Waals surface area contributed by atoms with Crippen molar-refractivity contribution in [2.24, 2.45) is 0 Å². The van der Waals surface area contributed by atoms with Crippen LogP contribution in [-0.2, 0) is 14.8 Å². The third-order valence-electron chi connectivity index (χ3n) is 3.42. The molecule has 0 unspecified atom stereocenters. The molecule has 0 aromatic heterocycles. The normalized spacial score (nSPS) is 11.5. The van der Waals surface area contributed by atoms with E-state index in [9.17, 15) is 22.0 Å². The number of hydrogen-bond donors (Lipinski definition) is 1. The van der Waals surface area contributed by atoms with Crippen LogP contribution in [0.4, 0.5) is 14.5 Å². The zero-order chi connectivity index (χ0) is 19.5. The lowest BCUT2D eigenvalue weighted by atomic mass is 10.3. The van der Waals surface area contributed by atoms with E-state index >= 15 is 0 Å². The predicted molar refractivity (Wildman–Crippen MR) is 92.8 cm³/mol. The number of hydrogen-bond acceptors (Lipinski definition) is 4. The van der Waals surface area contributed by atoms with Crippen LogP contribution in [0.1, 0.15) is 0 Å². The molecule has 0 saturated heterocycles. The molecule has 0 aliphatic carbocycles. The second-order valence-corrected chi connectivity index (χ2v) is 7.65. The van der Waals surface area contributed by atoms with E-state index in [0.29, 0.717) is 5.75 Å². The van der Waals surface area contributed by atoms with Gasteiger partial charge in [-0.3, -0.25) is 4.79 Å². The maximum atomic E-state index is 13.5. The average Bonchev–Trinajstić information content (AvgIpc) is 2.58. The Bertz CT molecular complexity index is 918. The van der Waals surface area contributed by atoms with Crippen LogP contribution in [0.3, 0.4) is 0 Å². The third kappa shape index (κ3) is 4.29. The van der Waals surface area contributed by atoms with Gasteiger partial charge in [0.05, 0.1) is 23.6 Å². The molecule has 0 heterocycles. The minimum Gasteiger partial charge on any atom is -0.495 e. The van der Waals surface area contributed by atoms with Gasteiger partial charge < -0.3 is 10.1 Å². The van der Waals surface area contributed by atoms with Crippen LogP contribution < -0.4 is 10.1 Å². The highest BCUT2D eigenvalue weighted by molar-refractivity contribution is 7.89. The summed E-state index contributed by atoms with van der Waals surface area (Å²) >= 11 is 5.92. The summed E-state index contributed by atoms with van der Waals surface area (Å²) in [7, 11) is -1.51. The van der Waals surface area contributed by atoms with E-state index in [4.69, 9.17) is 16.3 Å². The minimum absolute atomic E-state index is 0.0832. The molecule has 2 rings (SSSR count). The van der Waals surface area contributed by atoms with Gasteiger partial charge >= 0.3 is 0 Å². The molecule has 10 heteroatoms. The summed E-state index contributed by atoms with van der Waals surface area (Å²) in [4.78, 5) is 11.8. The van der Waals surface area contributed by atoms with E-state index in [2.05, 4.69) is 0 Å². The van der Waals surface area contributed by atoms with Crippen molar-refractivity contribution in [2.45, 2.75) is 4.90 Å². The molecule has 6 nitrogen and oxygen atoms in total. The monoisotopic (exact) mass is 404 g/mol. The zero-order valence-corrected chi connectivity index (χ0v) is 15.4. The summed E-state index contributed by atoms with van der Waals surface area (Å²) in [5, 5.41) is 2.10. The number of halogens is 3. The van der Waals surface area contributed by atoms with Gasteiger partial charge in [0.15, 0.2) is 0 Å². The fourth-order valence-electron chi connectivity index (χ4n) is 2.07. The summed E-state index contributed by atoms with van der Waals surface area (Å²) in [5.41, 5.74) is -0.643. The Morgan fingerprint density at radius 2 is 1.85 bits per heavy atom. The van der Waals surface area contributed by atoms with Crippen LogP contribution >= 0.6 is 11.6 Å². The highest BCUT2D eigenvalue weighted by Gasteiger charge is 2.24. The number of amides is 1. The van der Waals surface area contributed by atoms with Gasteiger partial charge in [-0.15, -0.1) is 0 Å². The highest BCUT2D eigenvalue weighted by Crippen LogP contribution is 2.28. The smallest absolute Gasteiger partial charge is 0.243 e. The van der Waals surface area contributed by atoms with Gasteiger partial charge in [-0.1, -0.05) is 17.7 Å². The van der Waals surface area contributed by atoms with Gasteiger partial charge in [0.25, 0.3) is 0 Å². The van der Waals surface area contributed by atoms with Crippen LogP contribution in [-0.4, -0.2) is 39.3 Å². The van der Waals surface area contributed by atoms with Gasteiger partial charge in [0.1, 0.15) is 23.1 Å². The van der Waals surface area contributed by atoms with Crippen molar-refractivity contribution in [2.75, 3.05) is 26.0 Å². The molecule has 1 N–H and O–H groups in total. The maximum absolute atomic E-state index is 13.5. The van der Waals surface area contributed by atoms with Gasteiger partial charge in [0.2, 0.25) is 15.9 Å². The molecule has 0 saturated carbocycles. The SMILES string of the molecule is COc1ccc(S(=O)(=O)N(C)CC(=O)Nc2c(F)cccc2F)cc1Cl. The zero-order valence-electron chi connectivity index (χ0n) is 13.8. The number of anilines is 1. The number of carbonyl (C=O) groups is 1. The number of benzene rings is 2. The number of rotatable bonds is 6. The number of likely N-dealkylation sites (N-methyl/N-ethyl adjacent to an activating group) is 1. The molecule has 26 heavy (non-hydrogen) atoms. The van der Waals surface area contributed by atoms with Gasteiger partial charge in [0, 0.05) is 7.05 Å². The van der Waals surface area contributed by atoms with Gasteiger partial charge in [-0.25, -0.2) is 17.2 Å². The molecule has 2 aromatic rings. The first-order chi connectivity index (χ1) is 12.2. The average molecular weight is 405 g/mol. The van der Waals surface area contributed by atoms with E-state index in [0.717, 1.165) is 29.6 Å². The number of nitrogens with zero attached hydrogens (tertiary/aromatic N) is 1. The molecule has 1 amide bonds. The van der Waals surface area contributed by atoms with Crippen molar-refractivity contribution in [1.29, 1.82) is 0 Å². The first-order valence-electron chi connectivity index (χ1n) is 7.20. The molecular weight excluding hydrogens is 390 g/mol. The van der Waals surface area contributed by atoms with Crippen molar-refractivity contribution in [3.8, 4) is 5.75 Å². The number of carbonyl (C=O) groups excluding carboxylic acids is 1. The van der Waals surface area contributed by atoms with Crippen molar-refractivity contribution in [3.63, 3.8) is 0 Å². The lowest BCUT2D eigenvalue weighted by Gasteiger charge is -2.17. The molecule has 0 spiro atoms. The molecule has 0 radical (unpaired) electrons. The quantitative estimate of drug-likeness (QED) is 0.803. The van der Waals surface area contributed by atoms with Crippen LogP contribution in [0.15, 0.2) is 41.3 Å². The Hall–Kier alpha value is -2.23. The molecule has 140 valence electrons. The first kappa shape index (κ1) is 20.1. The fourth-order valence-corrected chi connectivity index (χ4v) is 3.55. The number of para-hydroxylation sites is 1. The van der Waals surface area contributed by atoms with Crippen molar-refractivity contribution in [3.05, 3.63) is 53.1 Å². The Balaban J connectivity index is 2.16. The van der Waals surface area contributed by atoms with Crippen molar-refractivity contribution < 1.29 is 26.7 Å².